The molecule has 0 bridgehead atoms. The van der Waals surface area contributed by atoms with Crippen LogP contribution in [0.2, 0.25) is 5.02 Å². The summed E-state index contributed by atoms with van der Waals surface area (Å²) in [5.41, 5.74) is 2.67. The highest BCUT2D eigenvalue weighted by atomic mass is 35.5. The maximum absolute atomic E-state index is 6.09. The molecule has 0 spiro atoms. The van der Waals surface area contributed by atoms with Gasteiger partial charge in [-0.1, -0.05) is 35.9 Å². The van der Waals surface area contributed by atoms with Crippen LogP contribution in [0.15, 0.2) is 35.7 Å². The van der Waals surface area contributed by atoms with Crippen molar-refractivity contribution >= 4 is 22.9 Å². The lowest BCUT2D eigenvalue weighted by Crippen LogP contribution is -2.35. The van der Waals surface area contributed by atoms with E-state index in [-0.39, 0.29) is 0 Å². The summed E-state index contributed by atoms with van der Waals surface area (Å²) < 4.78 is 5.38. The van der Waals surface area contributed by atoms with Crippen molar-refractivity contribution in [2.75, 3.05) is 26.3 Å². The number of nitrogens with one attached hydrogen (secondary N) is 1. The Balaban J connectivity index is 1.45. The molecule has 1 aromatic carbocycles. The fourth-order valence-corrected chi connectivity index (χ4v) is 3.62. The van der Waals surface area contributed by atoms with Crippen LogP contribution in [0.1, 0.15) is 16.0 Å². The Labute approximate surface area is 140 Å². The molecular formula is C17H21ClN2OS. The number of rotatable bonds is 6. The highest BCUT2D eigenvalue weighted by Crippen LogP contribution is 2.21. The van der Waals surface area contributed by atoms with Crippen molar-refractivity contribution in [1.82, 2.24) is 10.2 Å². The first kappa shape index (κ1) is 16.0. The summed E-state index contributed by atoms with van der Waals surface area (Å²) >= 11 is 7.79. The molecule has 1 fully saturated rings. The first-order valence-electron chi connectivity index (χ1n) is 7.62. The number of hydrogen-bond donors (Lipinski definition) is 1. The maximum atomic E-state index is 6.09. The molecule has 0 saturated carbocycles. The fourth-order valence-electron chi connectivity index (χ4n) is 2.55. The molecule has 1 aliphatic rings. The maximum Gasteiger partial charge on any atom is 0.0594 e. The number of ether oxygens (including phenoxy) is 1. The second-order valence-corrected chi connectivity index (χ2v) is 6.91. The van der Waals surface area contributed by atoms with Gasteiger partial charge in [0.05, 0.1) is 18.2 Å². The van der Waals surface area contributed by atoms with E-state index in [2.05, 4.69) is 34.5 Å². The lowest BCUT2D eigenvalue weighted by molar-refractivity contribution is 0.0342. The van der Waals surface area contributed by atoms with Gasteiger partial charge in [-0.15, -0.1) is 11.3 Å². The average molecular weight is 337 g/mol. The van der Waals surface area contributed by atoms with Crippen LogP contribution in [0, 0.1) is 0 Å². The number of thiophene rings is 1. The molecule has 3 nitrogen and oxygen atoms in total. The molecule has 1 aromatic heterocycles. The van der Waals surface area contributed by atoms with Crippen LogP contribution >= 0.6 is 22.9 Å². The molecule has 0 radical (unpaired) electrons. The average Bonchev–Trinajstić information content (AvgIpc) is 2.95. The van der Waals surface area contributed by atoms with Crippen molar-refractivity contribution in [2.45, 2.75) is 19.6 Å². The zero-order chi connectivity index (χ0) is 15.2. The van der Waals surface area contributed by atoms with Crippen molar-refractivity contribution in [3.8, 4) is 0 Å². The zero-order valence-corrected chi connectivity index (χ0v) is 14.1. The Morgan fingerprint density at radius 3 is 2.45 bits per heavy atom. The van der Waals surface area contributed by atoms with Gasteiger partial charge in [-0.3, -0.25) is 4.90 Å². The summed E-state index contributed by atoms with van der Waals surface area (Å²) in [5, 5.41) is 6.33. The molecule has 0 amide bonds. The van der Waals surface area contributed by atoms with E-state index in [4.69, 9.17) is 16.3 Å². The quantitative estimate of drug-likeness (QED) is 0.873. The van der Waals surface area contributed by atoms with Gasteiger partial charge in [-0.05, 0) is 22.6 Å². The molecule has 0 atom stereocenters. The minimum Gasteiger partial charge on any atom is -0.379 e. The Morgan fingerprint density at radius 1 is 1.05 bits per heavy atom. The number of nitrogens with zero attached hydrogens (tertiary/aromatic N) is 1. The molecule has 22 heavy (non-hydrogen) atoms. The third-order valence-corrected chi connectivity index (χ3v) is 5.23. The fraction of sp³-hybridized carbons (Fsp3) is 0.412. The van der Waals surface area contributed by atoms with Gasteiger partial charge in [-0.2, -0.15) is 0 Å². The van der Waals surface area contributed by atoms with Gasteiger partial charge >= 0.3 is 0 Å². The third-order valence-electron chi connectivity index (χ3n) is 3.84. The van der Waals surface area contributed by atoms with Crippen LogP contribution in [0.5, 0.6) is 0 Å². The molecule has 1 N–H and O–H groups in total. The Bertz CT molecular complexity index is 579. The van der Waals surface area contributed by atoms with E-state index < -0.39 is 0 Å². The minimum absolute atomic E-state index is 0.825. The minimum atomic E-state index is 0.825. The molecule has 3 rings (SSSR count). The third kappa shape index (κ3) is 4.54. The standard InChI is InChI=1S/C17H21ClN2OS/c18-16-5-10-22-17(16)12-19-11-14-1-3-15(4-2-14)13-20-6-8-21-9-7-20/h1-5,10,19H,6-9,11-13H2. The van der Waals surface area contributed by atoms with E-state index in [9.17, 15) is 0 Å². The number of hydrogen-bond acceptors (Lipinski definition) is 4. The van der Waals surface area contributed by atoms with Crippen LogP contribution in [0.4, 0.5) is 0 Å². The second kappa shape index (κ2) is 8.09. The first-order valence-corrected chi connectivity index (χ1v) is 8.87. The monoisotopic (exact) mass is 336 g/mol. The van der Waals surface area contributed by atoms with Gasteiger partial charge in [0.25, 0.3) is 0 Å². The summed E-state index contributed by atoms with van der Waals surface area (Å²) in [6, 6.07) is 10.8. The van der Waals surface area contributed by atoms with E-state index in [1.165, 1.54) is 16.0 Å². The van der Waals surface area contributed by atoms with Crippen LogP contribution in [0.3, 0.4) is 0 Å². The lowest BCUT2D eigenvalue weighted by Gasteiger charge is -2.26. The molecule has 5 heteroatoms. The summed E-state index contributed by atoms with van der Waals surface area (Å²) in [7, 11) is 0. The van der Waals surface area contributed by atoms with Gasteiger partial charge in [-0.25, -0.2) is 0 Å². The first-order chi connectivity index (χ1) is 10.8. The summed E-state index contributed by atoms with van der Waals surface area (Å²) in [4.78, 5) is 3.64. The second-order valence-electron chi connectivity index (χ2n) is 5.50. The van der Waals surface area contributed by atoms with Crippen molar-refractivity contribution in [2.24, 2.45) is 0 Å². The Kier molecular flexibility index (Phi) is 5.87. The molecule has 2 heterocycles. The molecule has 118 valence electrons. The van der Waals surface area contributed by atoms with Gasteiger partial charge in [0.15, 0.2) is 0 Å². The van der Waals surface area contributed by atoms with Crippen molar-refractivity contribution in [3.05, 3.63) is 56.7 Å². The smallest absolute Gasteiger partial charge is 0.0594 e. The Hall–Kier alpha value is -0.910. The molecule has 1 saturated heterocycles. The predicted molar refractivity (Wildman–Crippen MR) is 92.4 cm³/mol. The van der Waals surface area contributed by atoms with Crippen LogP contribution in [0.25, 0.3) is 0 Å². The number of benzene rings is 1. The van der Waals surface area contributed by atoms with Crippen LogP contribution < -0.4 is 5.32 Å². The summed E-state index contributed by atoms with van der Waals surface area (Å²) in [6.07, 6.45) is 0. The molecule has 1 aliphatic heterocycles. The van der Waals surface area contributed by atoms with Crippen LogP contribution in [-0.4, -0.2) is 31.2 Å². The van der Waals surface area contributed by atoms with Crippen LogP contribution in [-0.2, 0) is 24.4 Å². The van der Waals surface area contributed by atoms with Crippen molar-refractivity contribution in [3.63, 3.8) is 0 Å². The zero-order valence-electron chi connectivity index (χ0n) is 12.6. The molecule has 0 unspecified atom stereocenters. The van der Waals surface area contributed by atoms with E-state index in [0.717, 1.165) is 51.0 Å². The Morgan fingerprint density at radius 2 is 1.77 bits per heavy atom. The van der Waals surface area contributed by atoms with E-state index in [0.29, 0.717) is 0 Å². The van der Waals surface area contributed by atoms with E-state index in [1.807, 2.05) is 11.4 Å². The number of morpholine rings is 1. The SMILES string of the molecule is Clc1ccsc1CNCc1ccc(CN2CCOCC2)cc1. The number of halogens is 1. The largest absolute Gasteiger partial charge is 0.379 e. The summed E-state index contributed by atoms with van der Waals surface area (Å²) in [6.45, 7) is 6.48. The van der Waals surface area contributed by atoms with E-state index in [1.54, 1.807) is 11.3 Å². The van der Waals surface area contributed by atoms with Crippen molar-refractivity contribution in [1.29, 1.82) is 0 Å². The lowest BCUT2D eigenvalue weighted by atomic mass is 10.1. The highest BCUT2D eigenvalue weighted by molar-refractivity contribution is 7.10. The van der Waals surface area contributed by atoms with Gasteiger partial charge < -0.3 is 10.1 Å². The summed E-state index contributed by atoms with van der Waals surface area (Å²) in [5.74, 6) is 0. The topological polar surface area (TPSA) is 24.5 Å². The van der Waals surface area contributed by atoms with E-state index >= 15 is 0 Å². The highest BCUT2D eigenvalue weighted by Gasteiger charge is 2.10. The molecule has 0 aliphatic carbocycles. The molecular weight excluding hydrogens is 316 g/mol. The van der Waals surface area contributed by atoms with Gasteiger partial charge in [0.1, 0.15) is 0 Å². The normalized spacial score (nSPS) is 16.0. The van der Waals surface area contributed by atoms with Crippen molar-refractivity contribution < 1.29 is 4.74 Å². The van der Waals surface area contributed by atoms with Gasteiger partial charge in [0.2, 0.25) is 0 Å². The van der Waals surface area contributed by atoms with Gasteiger partial charge in [0, 0.05) is 37.6 Å². The molecule has 2 aromatic rings. The predicted octanol–water partition coefficient (Wildman–Crippen LogP) is 3.52.